The summed E-state index contributed by atoms with van der Waals surface area (Å²) in [6.45, 7) is 0. The minimum atomic E-state index is -4.96. The van der Waals surface area contributed by atoms with Crippen LogP contribution in [0.3, 0.4) is 0 Å². The molecule has 0 radical (unpaired) electrons. The number of alkyl halides is 3. The van der Waals surface area contributed by atoms with Crippen LogP contribution in [0.4, 0.5) is 23.5 Å². The lowest BCUT2D eigenvalue weighted by atomic mass is 10.9. The second-order valence-corrected chi connectivity index (χ2v) is 2.01. The number of nitrogens with zero attached hydrogens (tertiary/aromatic N) is 3. The molecular formula is C5H4F4N4O. The van der Waals surface area contributed by atoms with Gasteiger partial charge in [-0.1, -0.05) is 0 Å². The predicted octanol–water partition coefficient (Wildman–Crippen LogP) is 0.951. The molecule has 0 aliphatic heterocycles. The van der Waals surface area contributed by atoms with E-state index < -0.39 is 18.5 Å². The van der Waals surface area contributed by atoms with Gasteiger partial charge in [0, 0.05) is 7.05 Å². The molecule has 0 saturated carbocycles. The van der Waals surface area contributed by atoms with Gasteiger partial charge in [0.2, 0.25) is 5.95 Å². The molecule has 1 aromatic heterocycles. The third-order valence-electron chi connectivity index (χ3n) is 1.02. The third kappa shape index (κ3) is 2.99. The highest BCUT2D eigenvalue weighted by Gasteiger charge is 2.33. The Bertz CT molecular complexity index is 328. The molecule has 1 rings (SSSR count). The Hall–Kier alpha value is -1.67. The molecule has 0 aliphatic rings. The summed E-state index contributed by atoms with van der Waals surface area (Å²) in [6, 6.07) is -1.14. The molecule has 0 saturated heterocycles. The Kier molecular flexibility index (Phi) is 2.68. The average molecular weight is 212 g/mol. The van der Waals surface area contributed by atoms with Crippen LogP contribution in [-0.2, 0) is 0 Å². The highest BCUT2D eigenvalue weighted by molar-refractivity contribution is 5.22. The van der Waals surface area contributed by atoms with Crippen molar-refractivity contribution >= 4 is 5.95 Å². The van der Waals surface area contributed by atoms with E-state index in [-0.39, 0.29) is 5.95 Å². The van der Waals surface area contributed by atoms with E-state index in [1.54, 1.807) is 0 Å². The van der Waals surface area contributed by atoms with Crippen LogP contribution < -0.4 is 10.1 Å². The van der Waals surface area contributed by atoms with Gasteiger partial charge < -0.3 is 10.1 Å². The van der Waals surface area contributed by atoms with Gasteiger partial charge in [-0.3, -0.25) is 0 Å². The molecule has 0 unspecified atom stereocenters. The van der Waals surface area contributed by atoms with Crippen LogP contribution in [0.25, 0.3) is 0 Å². The number of halogens is 4. The third-order valence-corrected chi connectivity index (χ3v) is 1.02. The van der Waals surface area contributed by atoms with Crippen LogP contribution in [0, 0.1) is 6.08 Å². The normalized spacial score (nSPS) is 11.2. The van der Waals surface area contributed by atoms with Gasteiger partial charge >= 0.3 is 18.5 Å². The van der Waals surface area contributed by atoms with Crippen LogP contribution in [0.1, 0.15) is 0 Å². The van der Waals surface area contributed by atoms with Crippen LogP contribution >= 0.6 is 0 Å². The molecule has 1 N–H and O–H groups in total. The molecule has 1 aromatic rings. The molecule has 9 heteroatoms. The van der Waals surface area contributed by atoms with E-state index in [0.717, 1.165) is 0 Å². The number of hydrogen-bond donors (Lipinski definition) is 1. The number of hydrogen-bond acceptors (Lipinski definition) is 5. The fourth-order valence-corrected chi connectivity index (χ4v) is 0.593. The van der Waals surface area contributed by atoms with Gasteiger partial charge in [-0.25, -0.2) is 0 Å². The zero-order valence-corrected chi connectivity index (χ0v) is 6.76. The van der Waals surface area contributed by atoms with Gasteiger partial charge in [0.05, 0.1) is 0 Å². The van der Waals surface area contributed by atoms with Crippen molar-refractivity contribution in [1.82, 2.24) is 15.0 Å². The first-order valence-electron chi connectivity index (χ1n) is 3.26. The molecule has 0 bridgehead atoms. The molecule has 78 valence electrons. The summed E-state index contributed by atoms with van der Waals surface area (Å²) in [7, 11) is 1.31. The van der Waals surface area contributed by atoms with Gasteiger partial charge in [-0.05, 0) is 0 Å². The molecule has 1 heterocycles. The summed E-state index contributed by atoms with van der Waals surface area (Å²) in [4.78, 5) is 8.85. The van der Waals surface area contributed by atoms with E-state index in [1.807, 2.05) is 0 Å². The minimum absolute atomic E-state index is 0.350. The smallest absolute Gasteiger partial charge is 0.370 e. The quantitative estimate of drug-likeness (QED) is 0.739. The van der Waals surface area contributed by atoms with Crippen LogP contribution in [-0.4, -0.2) is 28.4 Å². The Morgan fingerprint density at radius 2 is 1.86 bits per heavy atom. The lowest BCUT2D eigenvalue weighted by molar-refractivity contribution is -0.277. The number of rotatable bonds is 2. The van der Waals surface area contributed by atoms with Crippen LogP contribution in [0.2, 0.25) is 0 Å². The Morgan fingerprint density at radius 3 is 2.36 bits per heavy atom. The van der Waals surface area contributed by atoms with Gasteiger partial charge in [0.25, 0.3) is 0 Å². The van der Waals surface area contributed by atoms with Crippen LogP contribution in [0.5, 0.6) is 6.01 Å². The number of ether oxygens (including phenoxy) is 1. The maximum Gasteiger partial charge on any atom is 0.575 e. The number of aromatic nitrogens is 3. The zero-order chi connectivity index (χ0) is 10.8. The van der Waals surface area contributed by atoms with Crippen molar-refractivity contribution in [2.24, 2.45) is 0 Å². The highest BCUT2D eigenvalue weighted by atomic mass is 19.4. The molecule has 5 nitrogen and oxygen atoms in total. The molecule has 0 aromatic carbocycles. The average Bonchev–Trinajstić information content (AvgIpc) is 1.99. The lowest BCUT2D eigenvalue weighted by Crippen LogP contribution is -2.19. The van der Waals surface area contributed by atoms with E-state index in [1.165, 1.54) is 7.05 Å². The summed E-state index contributed by atoms with van der Waals surface area (Å²) in [5, 5.41) is 2.24. The maximum atomic E-state index is 12.4. The summed E-state index contributed by atoms with van der Waals surface area (Å²) in [6.07, 6.45) is -6.32. The first kappa shape index (κ1) is 10.4. The fourth-order valence-electron chi connectivity index (χ4n) is 0.593. The first-order chi connectivity index (χ1) is 6.40. The molecule has 14 heavy (non-hydrogen) atoms. The van der Waals surface area contributed by atoms with E-state index in [9.17, 15) is 17.6 Å². The standard InChI is InChI=1S/C5H4F4N4O/c1-10-3-11-2(6)12-4(13-3)14-5(7,8)9/h1H3,(H,10,11,12,13). The van der Waals surface area contributed by atoms with Crippen molar-refractivity contribution in [2.45, 2.75) is 6.36 Å². The maximum absolute atomic E-state index is 12.4. The first-order valence-corrected chi connectivity index (χ1v) is 3.26. The second kappa shape index (κ2) is 3.60. The highest BCUT2D eigenvalue weighted by Crippen LogP contribution is 2.19. The Balaban J connectivity index is 2.92. The number of anilines is 1. The summed E-state index contributed by atoms with van der Waals surface area (Å²) in [5.74, 6) is -0.350. The van der Waals surface area contributed by atoms with Gasteiger partial charge in [-0.2, -0.15) is 14.4 Å². The largest absolute Gasteiger partial charge is 0.575 e. The van der Waals surface area contributed by atoms with Crippen molar-refractivity contribution in [3.63, 3.8) is 0 Å². The molecule has 0 atom stereocenters. The van der Waals surface area contributed by atoms with Crippen molar-refractivity contribution in [2.75, 3.05) is 12.4 Å². The molecular weight excluding hydrogens is 208 g/mol. The minimum Gasteiger partial charge on any atom is -0.370 e. The monoisotopic (exact) mass is 212 g/mol. The molecule has 0 aliphatic carbocycles. The van der Waals surface area contributed by atoms with Gasteiger partial charge in [-0.15, -0.1) is 18.2 Å². The number of nitrogens with one attached hydrogen (secondary N) is 1. The van der Waals surface area contributed by atoms with Gasteiger partial charge in [0.15, 0.2) is 0 Å². The second-order valence-electron chi connectivity index (χ2n) is 2.01. The van der Waals surface area contributed by atoms with Gasteiger partial charge in [0.1, 0.15) is 0 Å². The summed E-state index contributed by atoms with van der Waals surface area (Å²) in [5.41, 5.74) is 0. The summed E-state index contributed by atoms with van der Waals surface area (Å²) >= 11 is 0. The molecule has 0 spiro atoms. The SMILES string of the molecule is CNc1nc(F)nc(OC(F)(F)F)n1. The zero-order valence-electron chi connectivity index (χ0n) is 6.76. The van der Waals surface area contributed by atoms with E-state index in [0.29, 0.717) is 0 Å². The van der Waals surface area contributed by atoms with Crippen molar-refractivity contribution in [3.8, 4) is 6.01 Å². The topological polar surface area (TPSA) is 59.9 Å². The van der Waals surface area contributed by atoms with Crippen LogP contribution in [0.15, 0.2) is 0 Å². The Labute approximate surface area is 75.1 Å². The summed E-state index contributed by atoms with van der Waals surface area (Å²) < 4.78 is 50.7. The predicted molar refractivity (Wildman–Crippen MR) is 36.0 cm³/mol. The van der Waals surface area contributed by atoms with Crippen molar-refractivity contribution < 1.29 is 22.3 Å². The van der Waals surface area contributed by atoms with E-state index in [2.05, 4.69) is 25.0 Å². The Morgan fingerprint density at radius 1 is 1.21 bits per heavy atom. The van der Waals surface area contributed by atoms with E-state index in [4.69, 9.17) is 0 Å². The van der Waals surface area contributed by atoms with E-state index >= 15 is 0 Å². The lowest BCUT2D eigenvalue weighted by Gasteiger charge is -2.06. The molecule has 0 amide bonds. The van der Waals surface area contributed by atoms with Crippen molar-refractivity contribution in [1.29, 1.82) is 0 Å². The molecule has 0 fully saturated rings. The fraction of sp³-hybridized carbons (Fsp3) is 0.400. The van der Waals surface area contributed by atoms with Crippen molar-refractivity contribution in [3.05, 3.63) is 6.08 Å².